The van der Waals surface area contributed by atoms with Crippen molar-refractivity contribution in [3.05, 3.63) is 0 Å². The van der Waals surface area contributed by atoms with E-state index in [1.165, 1.54) is 6.92 Å². The second kappa shape index (κ2) is 10.0. The zero-order chi connectivity index (χ0) is 14.0. The van der Waals surface area contributed by atoms with E-state index >= 15 is 0 Å². The van der Waals surface area contributed by atoms with Crippen LogP contribution >= 0.6 is 12.2 Å². The van der Waals surface area contributed by atoms with E-state index < -0.39 is 23.6 Å². The summed E-state index contributed by atoms with van der Waals surface area (Å²) in [5.41, 5.74) is 5.23. The average Bonchev–Trinajstić information content (AvgIpc) is 2.29. The fraction of sp³-hybridized carbons (Fsp3) is 0.636. The van der Waals surface area contributed by atoms with Gasteiger partial charge in [-0.3, -0.25) is 14.4 Å². The Morgan fingerprint density at radius 3 is 2.12 bits per heavy atom. The molecule has 0 spiro atoms. The number of carbonyl (C=O) groups is 3. The summed E-state index contributed by atoms with van der Waals surface area (Å²) in [6, 6.07) is -0.969. The molecule has 0 rings (SSSR count). The van der Waals surface area contributed by atoms with Crippen LogP contribution in [-0.2, 0) is 14.4 Å². The molecule has 0 radical (unpaired) electrons. The van der Waals surface area contributed by atoms with Crippen molar-refractivity contribution in [3.8, 4) is 0 Å². The molecule has 1 unspecified atom stereocenters. The lowest BCUT2D eigenvalue weighted by Gasteiger charge is -2.04. The Hall–Kier alpha value is -1.14. The molecule has 0 aliphatic heterocycles. The Morgan fingerprint density at radius 2 is 1.76 bits per heavy atom. The maximum absolute atomic E-state index is 11.2. The largest absolute Gasteiger partial charge is 0.480 e. The van der Waals surface area contributed by atoms with Crippen LogP contribution in [0.5, 0.6) is 0 Å². The predicted octanol–water partition coefficient (Wildman–Crippen LogP) is 1.12. The van der Waals surface area contributed by atoms with Gasteiger partial charge in [0.25, 0.3) is 0 Å². The van der Waals surface area contributed by atoms with Gasteiger partial charge in [0.15, 0.2) is 11.6 Å². The summed E-state index contributed by atoms with van der Waals surface area (Å²) >= 11 is 4.58. The highest BCUT2D eigenvalue weighted by Crippen LogP contribution is 2.02. The first-order valence-electron chi connectivity index (χ1n) is 5.42. The number of carboxylic acids is 1. The van der Waals surface area contributed by atoms with Gasteiger partial charge >= 0.3 is 5.97 Å². The number of carbonyl (C=O) groups excluding carboxylic acids is 2. The number of Topliss-reactive ketones (excluding diaryl/α,β-unsaturated/α-hetero) is 2. The van der Waals surface area contributed by atoms with Gasteiger partial charge in [0.1, 0.15) is 10.9 Å². The van der Waals surface area contributed by atoms with E-state index in [4.69, 9.17) is 10.8 Å². The topological polar surface area (TPSA) is 97.5 Å². The molecule has 0 amide bonds. The quantitative estimate of drug-likeness (QED) is 0.526. The van der Waals surface area contributed by atoms with Gasteiger partial charge in [0.05, 0.1) is 0 Å². The summed E-state index contributed by atoms with van der Waals surface area (Å²) in [5.74, 6) is -1.95. The fourth-order valence-electron chi connectivity index (χ4n) is 0.916. The Balaban J connectivity index is 0. The number of aliphatic carboxylic acids is 1. The third kappa shape index (κ3) is 8.65. The van der Waals surface area contributed by atoms with Crippen LogP contribution in [0.25, 0.3) is 0 Å². The summed E-state index contributed by atoms with van der Waals surface area (Å²) in [5, 5.41) is 8.45. The minimum absolute atomic E-state index is 0.0688. The zero-order valence-corrected chi connectivity index (χ0v) is 11.2. The van der Waals surface area contributed by atoms with Crippen LogP contribution < -0.4 is 5.73 Å². The molecule has 0 bridgehead atoms. The first-order valence-corrected chi connectivity index (χ1v) is 5.83. The van der Waals surface area contributed by atoms with Crippen LogP contribution in [-0.4, -0.2) is 33.5 Å². The minimum atomic E-state index is -1.10. The van der Waals surface area contributed by atoms with E-state index in [1.54, 1.807) is 0 Å². The monoisotopic (exact) mass is 261 g/mol. The van der Waals surface area contributed by atoms with Gasteiger partial charge in [-0.15, -0.1) is 0 Å². The van der Waals surface area contributed by atoms with Crippen molar-refractivity contribution >= 4 is 34.6 Å². The van der Waals surface area contributed by atoms with E-state index in [0.29, 0.717) is 6.42 Å². The summed E-state index contributed by atoms with van der Waals surface area (Å²) in [4.78, 5) is 32.0. The van der Waals surface area contributed by atoms with Gasteiger partial charge in [-0.1, -0.05) is 26.1 Å². The first-order chi connectivity index (χ1) is 7.86. The number of nitrogens with two attached hydrogens (primary N) is 1. The number of rotatable bonds is 7. The standard InChI is InChI=1S/C9H13NO4S.C2H6/c1-5(11)8(15)7(12)4-2-3-6(10)9(13)14;1-2/h6H,2-4,10H2,1H3,(H,13,14);1-2H3. The molecule has 5 nitrogen and oxygen atoms in total. The molecular formula is C11H19NO4S. The molecular weight excluding hydrogens is 242 g/mol. The van der Waals surface area contributed by atoms with Gasteiger partial charge in [-0.25, -0.2) is 0 Å². The summed E-state index contributed by atoms with van der Waals surface area (Å²) in [7, 11) is 0. The zero-order valence-electron chi connectivity index (χ0n) is 10.4. The molecule has 0 aliphatic rings. The van der Waals surface area contributed by atoms with E-state index in [-0.39, 0.29) is 17.7 Å². The van der Waals surface area contributed by atoms with Crippen LogP contribution in [0.4, 0.5) is 0 Å². The highest BCUT2D eigenvalue weighted by Gasteiger charge is 2.15. The van der Waals surface area contributed by atoms with Crippen molar-refractivity contribution in [2.45, 2.75) is 46.1 Å². The molecule has 0 saturated carbocycles. The smallest absolute Gasteiger partial charge is 0.320 e. The first kappa shape index (κ1) is 18.2. The molecule has 0 aromatic heterocycles. The molecule has 0 aromatic rings. The highest BCUT2D eigenvalue weighted by molar-refractivity contribution is 7.84. The van der Waals surface area contributed by atoms with Crippen LogP contribution in [0.15, 0.2) is 0 Å². The third-order valence-electron chi connectivity index (χ3n) is 1.81. The molecule has 0 heterocycles. The van der Waals surface area contributed by atoms with Crippen molar-refractivity contribution in [2.75, 3.05) is 0 Å². The van der Waals surface area contributed by atoms with Crippen molar-refractivity contribution in [3.63, 3.8) is 0 Å². The lowest BCUT2D eigenvalue weighted by atomic mass is 10.1. The maximum Gasteiger partial charge on any atom is 0.320 e. The molecule has 3 N–H and O–H groups in total. The second-order valence-corrected chi connectivity index (χ2v) is 3.55. The summed E-state index contributed by atoms with van der Waals surface area (Å²) in [6.07, 6.45) is 0.584. The highest BCUT2D eigenvalue weighted by atomic mass is 32.1. The molecule has 0 fully saturated rings. The Bertz CT molecular complexity index is 302. The summed E-state index contributed by atoms with van der Waals surface area (Å²) in [6.45, 7) is 5.23. The SMILES string of the molecule is CC.CC(=O)C(=S)C(=O)CCCC(N)C(=O)O. The molecule has 0 aliphatic carbocycles. The molecule has 1 atom stereocenters. The minimum Gasteiger partial charge on any atom is -0.480 e. The van der Waals surface area contributed by atoms with Crippen LogP contribution in [0.1, 0.15) is 40.0 Å². The van der Waals surface area contributed by atoms with Crippen LogP contribution in [0.3, 0.4) is 0 Å². The van der Waals surface area contributed by atoms with Crippen molar-refractivity contribution in [1.29, 1.82) is 0 Å². The number of hydrogen-bond acceptors (Lipinski definition) is 5. The second-order valence-electron chi connectivity index (χ2n) is 3.15. The van der Waals surface area contributed by atoms with Crippen molar-refractivity contribution in [1.82, 2.24) is 0 Å². The maximum atomic E-state index is 11.2. The Kier molecular flexibility index (Phi) is 10.8. The lowest BCUT2D eigenvalue weighted by Crippen LogP contribution is -2.30. The number of carboxylic acid groups (broad SMARTS) is 1. The van der Waals surface area contributed by atoms with Gasteiger partial charge < -0.3 is 10.8 Å². The van der Waals surface area contributed by atoms with Crippen LogP contribution in [0, 0.1) is 0 Å². The van der Waals surface area contributed by atoms with E-state index in [2.05, 4.69) is 12.2 Å². The predicted molar refractivity (Wildman–Crippen MR) is 69.1 cm³/mol. The average molecular weight is 261 g/mol. The molecule has 98 valence electrons. The molecule has 6 heteroatoms. The number of ketones is 2. The van der Waals surface area contributed by atoms with Crippen molar-refractivity contribution < 1.29 is 19.5 Å². The molecule has 0 aromatic carbocycles. The van der Waals surface area contributed by atoms with Gasteiger partial charge in [0.2, 0.25) is 0 Å². The van der Waals surface area contributed by atoms with Crippen LogP contribution in [0.2, 0.25) is 0 Å². The van der Waals surface area contributed by atoms with E-state index in [9.17, 15) is 14.4 Å². The number of thiocarbonyl (C=S) groups is 1. The lowest BCUT2D eigenvalue weighted by molar-refractivity contribution is -0.138. The third-order valence-corrected chi connectivity index (χ3v) is 2.32. The van der Waals surface area contributed by atoms with Gasteiger partial charge in [-0.05, 0) is 12.8 Å². The van der Waals surface area contributed by atoms with Crippen molar-refractivity contribution in [2.24, 2.45) is 5.73 Å². The van der Waals surface area contributed by atoms with Gasteiger partial charge in [0, 0.05) is 13.3 Å². The number of hydrogen-bond donors (Lipinski definition) is 2. The van der Waals surface area contributed by atoms with E-state index in [0.717, 1.165) is 0 Å². The van der Waals surface area contributed by atoms with E-state index in [1.807, 2.05) is 13.8 Å². The Labute approximate surface area is 106 Å². The Morgan fingerprint density at radius 1 is 1.29 bits per heavy atom. The molecule has 17 heavy (non-hydrogen) atoms. The molecule has 0 saturated heterocycles. The summed E-state index contributed by atoms with van der Waals surface area (Å²) < 4.78 is 0. The normalized spacial score (nSPS) is 10.8. The fourth-order valence-corrected chi connectivity index (χ4v) is 1.02. The van der Waals surface area contributed by atoms with Gasteiger partial charge in [-0.2, -0.15) is 0 Å².